The minimum absolute atomic E-state index is 0.683. The zero-order valence-corrected chi connectivity index (χ0v) is 13.0. The van der Waals surface area contributed by atoms with E-state index in [2.05, 4.69) is 36.5 Å². The van der Waals surface area contributed by atoms with Crippen LogP contribution in [-0.4, -0.2) is 19.7 Å². The molecule has 0 bridgehead atoms. The number of rotatable bonds is 6. The van der Waals surface area contributed by atoms with Gasteiger partial charge in [-0.25, -0.2) is 0 Å². The van der Waals surface area contributed by atoms with Gasteiger partial charge in [0.25, 0.3) is 0 Å². The number of para-hydroxylation sites is 1. The molecule has 112 valence electrons. The van der Waals surface area contributed by atoms with Gasteiger partial charge < -0.3 is 10.1 Å². The number of nitrogens with one attached hydrogen (secondary N) is 1. The molecular weight excluding hydrogens is 246 g/mol. The molecule has 2 rings (SSSR count). The van der Waals surface area contributed by atoms with Gasteiger partial charge in [0.15, 0.2) is 0 Å². The lowest BCUT2D eigenvalue weighted by atomic mass is 9.88. The molecule has 0 aliphatic heterocycles. The van der Waals surface area contributed by atoms with Crippen LogP contribution in [0.1, 0.15) is 51.0 Å². The van der Waals surface area contributed by atoms with E-state index in [-0.39, 0.29) is 0 Å². The van der Waals surface area contributed by atoms with Crippen molar-refractivity contribution in [1.82, 2.24) is 5.32 Å². The fourth-order valence-electron chi connectivity index (χ4n) is 3.38. The third kappa shape index (κ3) is 4.24. The van der Waals surface area contributed by atoms with Crippen molar-refractivity contribution in [3.05, 3.63) is 29.8 Å². The van der Waals surface area contributed by atoms with E-state index < -0.39 is 0 Å². The maximum absolute atomic E-state index is 5.51. The van der Waals surface area contributed by atoms with Crippen molar-refractivity contribution in [2.24, 2.45) is 5.92 Å². The van der Waals surface area contributed by atoms with Crippen LogP contribution in [0.3, 0.4) is 0 Å². The largest absolute Gasteiger partial charge is 0.496 e. The average Bonchev–Trinajstić information content (AvgIpc) is 2.71. The molecule has 0 spiro atoms. The molecule has 2 unspecified atom stereocenters. The van der Waals surface area contributed by atoms with E-state index in [4.69, 9.17) is 4.74 Å². The fourth-order valence-corrected chi connectivity index (χ4v) is 3.38. The van der Waals surface area contributed by atoms with Gasteiger partial charge in [0.1, 0.15) is 5.75 Å². The van der Waals surface area contributed by atoms with E-state index in [0.29, 0.717) is 6.04 Å². The summed E-state index contributed by atoms with van der Waals surface area (Å²) in [6, 6.07) is 9.18. The third-order valence-corrected chi connectivity index (χ3v) is 4.49. The first-order chi connectivity index (χ1) is 9.85. The van der Waals surface area contributed by atoms with E-state index in [1.54, 1.807) is 7.11 Å². The summed E-state index contributed by atoms with van der Waals surface area (Å²) in [4.78, 5) is 0. The molecule has 0 heterocycles. The molecule has 0 aromatic heterocycles. The predicted octanol–water partition coefficient (Wildman–Crippen LogP) is 4.19. The van der Waals surface area contributed by atoms with Crippen LogP contribution in [0, 0.1) is 5.92 Å². The molecule has 20 heavy (non-hydrogen) atoms. The van der Waals surface area contributed by atoms with Crippen molar-refractivity contribution in [1.29, 1.82) is 0 Å². The highest BCUT2D eigenvalue weighted by Crippen LogP contribution is 2.29. The molecule has 1 saturated carbocycles. The zero-order chi connectivity index (χ0) is 14.2. The second-order valence-corrected chi connectivity index (χ2v) is 5.97. The van der Waals surface area contributed by atoms with Crippen molar-refractivity contribution in [2.75, 3.05) is 13.7 Å². The van der Waals surface area contributed by atoms with Crippen LogP contribution in [-0.2, 0) is 6.42 Å². The molecule has 1 aromatic rings. The molecule has 1 aliphatic carbocycles. The Morgan fingerprint density at radius 2 is 1.95 bits per heavy atom. The highest BCUT2D eigenvalue weighted by molar-refractivity contribution is 5.33. The number of ether oxygens (including phenoxy) is 1. The Labute approximate surface area is 123 Å². The molecular formula is C18H29NO. The molecule has 1 N–H and O–H groups in total. The quantitative estimate of drug-likeness (QED) is 0.786. The van der Waals surface area contributed by atoms with Gasteiger partial charge in [-0.15, -0.1) is 0 Å². The van der Waals surface area contributed by atoms with Gasteiger partial charge in [0.2, 0.25) is 0 Å². The van der Waals surface area contributed by atoms with Gasteiger partial charge in [-0.1, -0.05) is 44.4 Å². The smallest absolute Gasteiger partial charge is 0.122 e. The van der Waals surface area contributed by atoms with Crippen molar-refractivity contribution in [3.63, 3.8) is 0 Å². The van der Waals surface area contributed by atoms with Crippen LogP contribution in [0.5, 0.6) is 5.75 Å². The Morgan fingerprint density at radius 1 is 1.15 bits per heavy atom. The van der Waals surface area contributed by atoms with Crippen molar-refractivity contribution in [2.45, 2.75) is 57.9 Å². The fraction of sp³-hybridized carbons (Fsp3) is 0.667. The normalized spacial score (nSPS) is 23.3. The Balaban J connectivity index is 2.06. The summed E-state index contributed by atoms with van der Waals surface area (Å²) in [5, 5.41) is 3.78. The number of methoxy groups -OCH3 is 1. The molecule has 0 amide bonds. The molecule has 0 saturated heterocycles. The topological polar surface area (TPSA) is 21.3 Å². The summed E-state index contributed by atoms with van der Waals surface area (Å²) in [6.45, 7) is 3.39. The summed E-state index contributed by atoms with van der Waals surface area (Å²) in [6.07, 6.45) is 9.20. The van der Waals surface area contributed by atoms with Crippen molar-refractivity contribution in [3.8, 4) is 5.75 Å². The maximum Gasteiger partial charge on any atom is 0.122 e. The van der Waals surface area contributed by atoms with Crippen molar-refractivity contribution < 1.29 is 4.74 Å². The summed E-state index contributed by atoms with van der Waals surface area (Å²) in [5.41, 5.74) is 1.37. The third-order valence-electron chi connectivity index (χ3n) is 4.49. The van der Waals surface area contributed by atoms with Crippen LogP contribution in [0.2, 0.25) is 0 Å². The minimum atomic E-state index is 0.683. The molecule has 0 radical (unpaired) electrons. The first kappa shape index (κ1) is 15.4. The summed E-state index contributed by atoms with van der Waals surface area (Å²) >= 11 is 0. The molecule has 1 fully saturated rings. The van der Waals surface area contributed by atoms with E-state index in [0.717, 1.165) is 24.6 Å². The Morgan fingerprint density at radius 3 is 2.75 bits per heavy atom. The van der Waals surface area contributed by atoms with Gasteiger partial charge in [0.05, 0.1) is 7.11 Å². The highest BCUT2D eigenvalue weighted by atomic mass is 16.5. The Bertz CT molecular complexity index is 391. The second-order valence-electron chi connectivity index (χ2n) is 5.97. The lowest BCUT2D eigenvalue weighted by molar-refractivity contribution is 0.327. The predicted molar refractivity (Wildman–Crippen MR) is 85.4 cm³/mol. The average molecular weight is 275 g/mol. The second kappa shape index (κ2) is 8.31. The van der Waals surface area contributed by atoms with Crippen LogP contribution >= 0.6 is 0 Å². The summed E-state index contributed by atoms with van der Waals surface area (Å²) in [5.74, 6) is 1.80. The van der Waals surface area contributed by atoms with Gasteiger partial charge in [-0.3, -0.25) is 0 Å². The Hall–Kier alpha value is -1.02. The molecule has 2 heteroatoms. The lowest BCUT2D eigenvalue weighted by Crippen LogP contribution is -2.37. The van der Waals surface area contributed by atoms with Crippen molar-refractivity contribution >= 4 is 0 Å². The van der Waals surface area contributed by atoms with Crippen LogP contribution < -0.4 is 10.1 Å². The van der Waals surface area contributed by atoms with Crippen LogP contribution in [0.4, 0.5) is 0 Å². The van der Waals surface area contributed by atoms with E-state index in [1.165, 1.54) is 44.1 Å². The first-order valence-corrected chi connectivity index (χ1v) is 8.20. The van der Waals surface area contributed by atoms with Gasteiger partial charge in [0, 0.05) is 6.04 Å². The molecule has 1 aliphatic rings. The monoisotopic (exact) mass is 275 g/mol. The molecule has 1 aromatic carbocycles. The minimum Gasteiger partial charge on any atom is -0.496 e. The van der Waals surface area contributed by atoms with Gasteiger partial charge >= 0.3 is 0 Å². The number of benzene rings is 1. The SMILES string of the molecule is CCCNC1CCCCCC1Cc1ccccc1OC. The van der Waals surface area contributed by atoms with Crippen LogP contribution in [0.25, 0.3) is 0 Å². The summed E-state index contributed by atoms with van der Waals surface area (Å²) < 4.78 is 5.51. The van der Waals surface area contributed by atoms with Gasteiger partial charge in [-0.05, 0) is 49.8 Å². The number of hydrogen-bond donors (Lipinski definition) is 1. The van der Waals surface area contributed by atoms with E-state index in [9.17, 15) is 0 Å². The highest BCUT2D eigenvalue weighted by Gasteiger charge is 2.24. The first-order valence-electron chi connectivity index (χ1n) is 8.20. The van der Waals surface area contributed by atoms with E-state index in [1.807, 2.05) is 0 Å². The lowest BCUT2D eigenvalue weighted by Gasteiger charge is -2.27. The molecule has 2 nitrogen and oxygen atoms in total. The standard InChI is InChI=1S/C18H29NO/c1-3-13-19-17-11-6-4-5-9-15(17)14-16-10-7-8-12-18(16)20-2/h7-8,10,12,15,17,19H,3-6,9,11,13-14H2,1-2H3. The van der Waals surface area contributed by atoms with Crippen LogP contribution in [0.15, 0.2) is 24.3 Å². The molecule has 2 atom stereocenters. The zero-order valence-electron chi connectivity index (χ0n) is 13.0. The van der Waals surface area contributed by atoms with E-state index >= 15 is 0 Å². The maximum atomic E-state index is 5.51. The Kier molecular flexibility index (Phi) is 6.38. The number of hydrogen-bond acceptors (Lipinski definition) is 2. The summed E-state index contributed by atoms with van der Waals surface area (Å²) in [7, 11) is 1.78. The van der Waals surface area contributed by atoms with Gasteiger partial charge in [-0.2, -0.15) is 0 Å².